The van der Waals surface area contributed by atoms with Gasteiger partial charge in [-0.25, -0.2) is 4.57 Å². The molecule has 1 aromatic heterocycles. The van der Waals surface area contributed by atoms with Crippen LogP contribution in [0.1, 0.15) is 19.8 Å². The number of ether oxygens (including phenoxy) is 1. The standard InChI is InChI=1S/C10H17N3O4/c1-2-3-6-17-8-9(14)7-12-5-4-11-10(12)13(15)16/h4-5,9,14H,2-3,6-8H2,1H3. The molecule has 7 nitrogen and oxygen atoms in total. The van der Waals surface area contributed by atoms with Crippen molar-refractivity contribution in [3.63, 3.8) is 0 Å². The first-order valence-corrected chi connectivity index (χ1v) is 5.56. The van der Waals surface area contributed by atoms with Gasteiger partial charge in [-0.15, -0.1) is 0 Å². The van der Waals surface area contributed by atoms with E-state index in [-0.39, 0.29) is 19.1 Å². The summed E-state index contributed by atoms with van der Waals surface area (Å²) in [7, 11) is 0. The summed E-state index contributed by atoms with van der Waals surface area (Å²) in [4.78, 5) is 13.6. The highest BCUT2D eigenvalue weighted by molar-refractivity contribution is 5.06. The van der Waals surface area contributed by atoms with Crippen molar-refractivity contribution in [2.75, 3.05) is 13.2 Å². The minimum Gasteiger partial charge on any atom is -0.390 e. The zero-order chi connectivity index (χ0) is 12.7. The maximum absolute atomic E-state index is 10.6. The monoisotopic (exact) mass is 243 g/mol. The fourth-order valence-corrected chi connectivity index (χ4v) is 1.36. The minimum atomic E-state index is -0.764. The Morgan fingerprint density at radius 1 is 1.71 bits per heavy atom. The Hall–Kier alpha value is -1.47. The molecule has 1 aromatic rings. The van der Waals surface area contributed by atoms with Crippen molar-refractivity contribution in [2.45, 2.75) is 32.4 Å². The van der Waals surface area contributed by atoms with Gasteiger partial charge < -0.3 is 20.0 Å². The summed E-state index contributed by atoms with van der Waals surface area (Å²) in [6.07, 6.45) is 4.01. The van der Waals surface area contributed by atoms with E-state index in [0.717, 1.165) is 12.8 Å². The molecule has 0 fully saturated rings. The lowest BCUT2D eigenvalue weighted by molar-refractivity contribution is -0.397. The Bertz CT molecular complexity index is 353. The maximum Gasteiger partial charge on any atom is 0.434 e. The third-order valence-corrected chi connectivity index (χ3v) is 2.22. The first-order valence-electron chi connectivity index (χ1n) is 5.56. The van der Waals surface area contributed by atoms with Crippen LogP contribution < -0.4 is 0 Å². The minimum absolute atomic E-state index is 0.114. The van der Waals surface area contributed by atoms with Crippen molar-refractivity contribution in [1.29, 1.82) is 0 Å². The van der Waals surface area contributed by atoms with Crippen molar-refractivity contribution in [1.82, 2.24) is 9.55 Å². The first-order chi connectivity index (χ1) is 8.15. The normalized spacial score (nSPS) is 12.6. The molecule has 96 valence electrons. The number of aliphatic hydroxyl groups is 1. The highest BCUT2D eigenvalue weighted by Crippen LogP contribution is 2.08. The molecular formula is C10H17N3O4. The van der Waals surface area contributed by atoms with Crippen molar-refractivity contribution in [3.8, 4) is 0 Å². The van der Waals surface area contributed by atoms with Crippen LogP contribution in [0.5, 0.6) is 0 Å². The molecular weight excluding hydrogens is 226 g/mol. The van der Waals surface area contributed by atoms with Gasteiger partial charge in [0.1, 0.15) is 18.5 Å². The number of rotatable bonds is 8. The summed E-state index contributed by atoms with van der Waals surface area (Å²) in [6, 6.07) is 0. The molecule has 17 heavy (non-hydrogen) atoms. The van der Waals surface area contributed by atoms with E-state index >= 15 is 0 Å². The number of hydrogen-bond acceptors (Lipinski definition) is 5. The van der Waals surface area contributed by atoms with E-state index < -0.39 is 11.0 Å². The van der Waals surface area contributed by atoms with E-state index in [1.54, 1.807) is 0 Å². The molecule has 0 saturated heterocycles. The average Bonchev–Trinajstić information content (AvgIpc) is 2.72. The second-order valence-corrected chi connectivity index (χ2v) is 3.72. The lowest BCUT2D eigenvalue weighted by Crippen LogP contribution is -2.22. The molecule has 0 radical (unpaired) electrons. The molecule has 0 bridgehead atoms. The Morgan fingerprint density at radius 3 is 3.12 bits per heavy atom. The third kappa shape index (κ3) is 4.49. The smallest absolute Gasteiger partial charge is 0.390 e. The van der Waals surface area contributed by atoms with Gasteiger partial charge in [0.2, 0.25) is 0 Å². The fourth-order valence-electron chi connectivity index (χ4n) is 1.36. The van der Waals surface area contributed by atoms with Crippen molar-refractivity contribution in [2.24, 2.45) is 0 Å². The number of hydrogen-bond donors (Lipinski definition) is 1. The van der Waals surface area contributed by atoms with Gasteiger partial charge in [0.25, 0.3) is 0 Å². The number of aliphatic hydroxyl groups excluding tert-OH is 1. The number of nitrogens with zero attached hydrogens (tertiary/aromatic N) is 3. The van der Waals surface area contributed by atoms with E-state index in [9.17, 15) is 15.2 Å². The second kappa shape index (κ2) is 6.97. The van der Waals surface area contributed by atoms with Crippen LogP contribution in [0, 0.1) is 10.1 Å². The van der Waals surface area contributed by atoms with E-state index in [0.29, 0.717) is 6.61 Å². The van der Waals surface area contributed by atoms with Gasteiger partial charge >= 0.3 is 5.95 Å². The molecule has 0 amide bonds. The Balaban J connectivity index is 2.37. The van der Waals surface area contributed by atoms with Crippen LogP contribution in [0.2, 0.25) is 0 Å². The van der Waals surface area contributed by atoms with Gasteiger partial charge in [-0.3, -0.25) is 0 Å². The molecule has 0 saturated carbocycles. The van der Waals surface area contributed by atoms with Gasteiger partial charge in [0.05, 0.1) is 13.2 Å². The van der Waals surface area contributed by atoms with Crippen LogP contribution in [0.15, 0.2) is 12.4 Å². The number of imidazole rings is 1. The first kappa shape index (κ1) is 13.6. The van der Waals surface area contributed by atoms with Crippen molar-refractivity contribution >= 4 is 5.95 Å². The Kier molecular flexibility index (Phi) is 5.58. The van der Waals surface area contributed by atoms with E-state index in [2.05, 4.69) is 11.9 Å². The summed E-state index contributed by atoms with van der Waals surface area (Å²) >= 11 is 0. The van der Waals surface area contributed by atoms with Crippen LogP contribution in [-0.4, -0.2) is 38.9 Å². The van der Waals surface area contributed by atoms with Crippen LogP contribution in [-0.2, 0) is 11.3 Å². The van der Waals surface area contributed by atoms with E-state index in [1.807, 2.05) is 0 Å². The highest BCUT2D eigenvalue weighted by atomic mass is 16.6. The molecule has 0 aliphatic carbocycles. The fraction of sp³-hybridized carbons (Fsp3) is 0.700. The zero-order valence-electron chi connectivity index (χ0n) is 9.78. The van der Waals surface area contributed by atoms with Crippen molar-refractivity contribution in [3.05, 3.63) is 22.5 Å². The molecule has 1 rings (SSSR count). The Labute approximate surface area is 99.2 Å². The Morgan fingerprint density at radius 2 is 2.47 bits per heavy atom. The lowest BCUT2D eigenvalue weighted by Gasteiger charge is -2.10. The van der Waals surface area contributed by atoms with Gasteiger partial charge in [0, 0.05) is 6.61 Å². The molecule has 0 aromatic carbocycles. The summed E-state index contributed by atoms with van der Waals surface area (Å²) < 4.78 is 6.53. The second-order valence-electron chi connectivity index (χ2n) is 3.72. The quantitative estimate of drug-likeness (QED) is 0.417. The zero-order valence-corrected chi connectivity index (χ0v) is 9.78. The van der Waals surface area contributed by atoms with Gasteiger partial charge in [0.15, 0.2) is 0 Å². The third-order valence-electron chi connectivity index (χ3n) is 2.22. The molecule has 1 N–H and O–H groups in total. The molecule has 0 aliphatic heterocycles. The summed E-state index contributed by atoms with van der Waals surface area (Å²) in [6.45, 7) is 2.94. The predicted octanol–water partition coefficient (Wildman–Crippen LogP) is 0.969. The maximum atomic E-state index is 10.6. The van der Waals surface area contributed by atoms with E-state index in [1.165, 1.54) is 17.0 Å². The molecule has 1 atom stereocenters. The van der Waals surface area contributed by atoms with Gasteiger partial charge in [-0.1, -0.05) is 18.3 Å². The van der Waals surface area contributed by atoms with Gasteiger partial charge in [-0.05, 0) is 11.3 Å². The molecule has 1 unspecified atom stereocenters. The highest BCUT2D eigenvalue weighted by Gasteiger charge is 2.17. The molecule has 0 aliphatic rings. The predicted molar refractivity (Wildman–Crippen MR) is 60.6 cm³/mol. The van der Waals surface area contributed by atoms with Crippen LogP contribution in [0.4, 0.5) is 5.95 Å². The number of nitro groups is 1. The van der Waals surface area contributed by atoms with Crippen LogP contribution in [0.25, 0.3) is 0 Å². The number of unbranched alkanes of at least 4 members (excludes halogenated alkanes) is 1. The topological polar surface area (TPSA) is 90.4 Å². The molecule has 0 spiro atoms. The summed E-state index contributed by atoms with van der Waals surface area (Å²) in [5.74, 6) is -0.266. The van der Waals surface area contributed by atoms with Crippen LogP contribution in [0.3, 0.4) is 0 Å². The molecule has 7 heteroatoms. The van der Waals surface area contributed by atoms with Gasteiger partial charge in [-0.2, -0.15) is 0 Å². The van der Waals surface area contributed by atoms with Crippen molar-refractivity contribution < 1.29 is 14.8 Å². The number of aromatic nitrogens is 2. The van der Waals surface area contributed by atoms with Crippen LogP contribution >= 0.6 is 0 Å². The summed E-state index contributed by atoms with van der Waals surface area (Å²) in [5, 5.41) is 20.2. The summed E-state index contributed by atoms with van der Waals surface area (Å²) in [5.41, 5.74) is 0. The van der Waals surface area contributed by atoms with E-state index in [4.69, 9.17) is 4.74 Å². The average molecular weight is 243 g/mol. The largest absolute Gasteiger partial charge is 0.434 e. The lowest BCUT2D eigenvalue weighted by atomic mass is 10.3. The SMILES string of the molecule is CCCCOCC(O)Cn1ccnc1[N+](=O)[O-]. The molecule has 1 heterocycles.